The number of rotatable bonds is 4. The van der Waals surface area contributed by atoms with E-state index in [0.717, 1.165) is 19.3 Å². The molecule has 2 aliphatic heterocycles. The van der Waals surface area contributed by atoms with Gasteiger partial charge in [0.2, 0.25) is 0 Å². The predicted molar refractivity (Wildman–Crippen MR) is 103 cm³/mol. The van der Waals surface area contributed by atoms with Gasteiger partial charge in [0, 0.05) is 30.0 Å². The minimum Gasteiger partial charge on any atom is -0.390 e. The Labute approximate surface area is 159 Å². The Morgan fingerprint density at radius 1 is 1.22 bits per heavy atom. The van der Waals surface area contributed by atoms with E-state index in [1.165, 1.54) is 11.6 Å². The summed E-state index contributed by atoms with van der Waals surface area (Å²) in [5, 5.41) is 9.89. The smallest absolute Gasteiger partial charge is 0.254 e. The van der Waals surface area contributed by atoms with Crippen LogP contribution in [0.3, 0.4) is 0 Å². The molecule has 0 unspecified atom stereocenters. The molecule has 27 heavy (non-hydrogen) atoms. The summed E-state index contributed by atoms with van der Waals surface area (Å²) in [7, 11) is 0. The molecule has 3 fully saturated rings. The van der Waals surface area contributed by atoms with Crippen molar-refractivity contribution in [1.29, 1.82) is 0 Å². The van der Waals surface area contributed by atoms with Crippen LogP contribution in [-0.2, 0) is 11.8 Å². The minimum absolute atomic E-state index is 0.0879. The normalized spacial score (nSPS) is 24.4. The van der Waals surface area contributed by atoms with Gasteiger partial charge in [-0.2, -0.15) is 0 Å². The molecule has 2 heterocycles. The maximum Gasteiger partial charge on any atom is 0.254 e. The van der Waals surface area contributed by atoms with Gasteiger partial charge in [0.25, 0.3) is 5.91 Å². The highest BCUT2D eigenvalue weighted by molar-refractivity contribution is 5.94. The van der Waals surface area contributed by atoms with Gasteiger partial charge in [0.15, 0.2) is 0 Å². The molecule has 1 amide bonds. The van der Waals surface area contributed by atoms with Crippen LogP contribution in [0.15, 0.2) is 48.5 Å². The van der Waals surface area contributed by atoms with Gasteiger partial charge in [0.1, 0.15) is 5.82 Å². The van der Waals surface area contributed by atoms with Crippen molar-refractivity contribution in [3.05, 3.63) is 71.0 Å². The van der Waals surface area contributed by atoms with Gasteiger partial charge in [-0.05, 0) is 56.4 Å². The van der Waals surface area contributed by atoms with Gasteiger partial charge in [-0.15, -0.1) is 0 Å². The predicted octanol–water partition coefficient (Wildman–Crippen LogP) is 4.09. The Morgan fingerprint density at radius 3 is 2.48 bits per heavy atom. The second kappa shape index (κ2) is 6.45. The van der Waals surface area contributed by atoms with Crippen LogP contribution in [0.4, 0.5) is 4.39 Å². The molecule has 2 aromatic rings. The van der Waals surface area contributed by atoms with Gasteiger partial charge >= 0.3 is 0 Å². The lowest BCUT2D eigenvalue weighted by Crippen LogP contribution is -2.61. The zero-order chi connectivity index (χ0) is 19.2. The summed E-state index contributed by atoms with van der Waals surface area (Å²) in [6.07, 6.45) is 3.15. The molecule has 2 bridgehead atoms. The molecule has 5 rings (SSSR count). The zero-order valence-corrected chi connectivity index (χ0v) is 15.9. The lowest BCUT2D eigenvalue weighted by molar-refractivity contribution is -0.00435. The quantitative estimate of drug-likeness (QED) is 0.884. The molecule has 3 aliphatic rings. The lowest BCUT2D eigenvalue weighted by atomic mass is 9.57. The van der Waals surface area contributed by atoms with Crippen LogP contribution in [0.25, 0.3) is 0 Å². The molecule has 1 N–H and O–H groups in total. The van der Waals surface area contributed by atoms with E-state index < -0.39 is 11.4 Å². The molecule has 1 aliphatic carbocycles. The van der Waals surface area contributed by atoms with Crippen molar-refractivity contribution < 1.29 is 14.3 Å². The van der Waals surface area contributed by atoms with E-state index in [1.807, 2.05) is 11.0 Å². The molecule has 0 aromatic heterocycles. The highest BCUT2D eigenvalue weighted by Gasteiger charge is 2.52. The van der Waals surface area contributed by atoms with E-state index in [9.17, 15) is 14.3 Å². The third kappa shape index (κ3) is 3.39. The van der Waals surface area contributed by atoms with E-state index in [0.29, 0.717) is 17.7 Å². The number of fused-ring (bicyclic) bond motifs is 2. The maximum atomic E-state index is 14.4. The largest absolute Gasteiger partial charge is 0.390 e. The first-order valence-electron chi connectivity index (χ1n) is 9.65. The summed E-state index contributed by atoms with van der Waals surface area (Å²) < 4.78 is 14.4. The molecule has 0 atom stereocenters. The van der Waals surface area contributed by atoms with E-state index in [4.69, 9.17) is 0 Å². The monoisotopic (exact) mass is 367 g/mol. The molecular weight excluding hydrogens is 341 g/mol. The highest BCUT2D eigenvalue weighted by atomic mass is 19.1. The molecular formula is C23H26FNO2. The first-order valence-corrected chi connectivity index (χ1v) is 9.65. The molecule has 142 valence electrons. The Balaban J connectivity index is 1.47. The minimum atomic E-state index is -0.980. The summed E-state index contributed by atoms with van der Waals surface area (Å²) in [5.41, 5.74) is 1.43. The number of carbonyl (C=O) groups is 1. The molecule has 0 radical (unpaired) electrons. The van der Waals surface area contributed by atoms with Crippen molar-refractivity contribution in [3.8, 4) is 0 Å². The van der Waals surface area contributed by atoms with Crippen LogP contribution in [0.5, 0.6) is 0 Å². The first kappa shape index (κ1) is 18.2. The van der Waals surface area contributed by atoms with Gasteiger partial charge in [-0.1, -0.05) is 36.4 Å². The molecule has 2 aromatic carbocycles. The summed E-state index contributed by atoms with van der Waals surface area (Å²) in [5.74, 6) is -0.512. The standard InChI is InChI=1S/C23H26FNO2/c1-22(2,27)13-17-9-8-16(12-20(17)24)21(26)25-11-10-23(14-19(25)15-23)18-6-4-3-5-7-18/h3-9,12,19,27H,10-11,13-15H2,1-2H3. The van der Waals surface area contributed by atoms with E-state index in [2.05, 4.69) is 24.3 Å². The van der Waals surface area contributed by atoms with E-state index in [1.54, 1.807) is 26.0 Å². The van der Waals surface area contributed by atoms with Gasteiger partial charge in [-0.25, -0.2) is 4.39 Å². The number of piperidine rings is 2. The molecule has 1 saturated carbocycles. The SMILES string of the molecule is CC(C)(O)Cc1ccc(C(=O)N2CCC3(c4ccccc4)CC2C3)cc1F. The highest BCUT2D eigenvalue weighted by Crippen LogP contribution is 2.52. The number of hydrogen-bond donors (Lipinski definition) is 1. The number of aliphatic hydroxyl groups is 1. The second-order valence-corrected chi connectivity index (χ2v) is 8.75. The van der Waals surface area contributed by atoms with Crippen molar-refractivity contribution in [2.45, 2.75) is 56.6 Å². The number of hydrogen-bond acceptors (Lipinski definition) is 2. The van der Waals surface area contributed by atoms with Crippen molar-refractivity contribution in [2.75, 3.05) is 6.54 Å². The number of benzene rings is 2. The van der Waals surface area contributed by atoms with Crippen LogP contribution in [0.2, 0.25) is 0 Å². The number of halogens is 1. The topological polar surface area (TPSA) is 40.5 Å². The van der Waals surface area contributed by atoms with Crippen LogP contribution < -0.4 is 0 Å². The number of carbonyl (C=O) groups excluding carboxylic acids is 1. The Bertz CT molecular complexity index is 845. The van der Waals surface area contributed by atoms with Crippen LogP contribution in [0.1, 0.15) is 54.6 Å². The first-order chi connectivity index (χ1) is 12.8. The summed E-state index contributed by atoms with van der Waals surface area (Å²) in [4.78, 5) is 14.8. The summed E-state index contributed by atoms with van der Waals surface area (Å²) in [6.45, 7) is 4.01. The van der Waals surface area contributed by atoms with E-state index in [-0.39, 0.29) is 23.8 Å². The number of nitrogens with zero attached hydrogens (tertiary/aromatic N) is 1. The Morgan fingerprint density at radius 2 is 1.93 bits per heavy atom. The lowest BCUT2D eigenvalue weighted by Gasteiger charge is -2.58. The second-order valence-electron chi connectivity index (χ2n) is 8.75. The van der Waals surface area contributed by atoms with Gasteiger partial charge in [-0.3, -0.25) is 4.79 Å². The Hall–Kier alpha value is -2.20. The van der Waals surface area contributed by atoms with Crippen LogP contribution in [0, 0.1) is 5.82 Å². The summed E-state index contributed by atoms with van der Waals surface area (Å²) in [6, 6.07) is 15.4. The molecule has 2 saturated heterocycles. The van der Waals surface area contributed by atoms with Crippen LogP contribution in [-0.4, -0.2) is 34.1 Å². The van der Waals surface area contributed by atoms with Gasteiger partial charge < -0.3 is 10.0 Å². The molecule has 0 spiro atoms. The molecule has 4 heteroatoms. The molecule has 3 nitrogen and oxygen atoms in total. The Kier molecular flexibility index (Phi) is 4.34. The number of amides is 1. The van der Waals surface area contributed by atoms with Gasteiger partial charge in [0.05, 0.1) is 5.60 Å². The maximum absolute atomic E-state index is 14.4. The van der Waals surface area contributed by atoms with Crippen molar-refractivity contribution in [2.24, 2.45) is 0 Å². The fourth-order valence-electron chi connectivity index (χ4n) is 4.68. The van der Waals surface area contributed by atoms with Crippen molar-refractivity contribution in [1.82, 2.24) is 4.90 Å². The third-order valence-electron chi connectivity index (χ3n) is 6.09. The van der Waals surface area contributed by atoms with Crippen LogP contribution >= 0.6 is 0 Å². The fraction of sp³-hybridized carbons (Fsp3) is 0.435. The van der Waals surface area contributed by atoms with Crippen molar-refractivity contribution >= 4 is 5.91 Å². The van der Waals surface area contributed by atoms with E-state index >= 15 is 0 Å². The fourth-order valence-corrected chi connectivity index (χ4v) is 4.68. The van der Waals surface area contributed by atoms with Crippen molar-refractivity contribution in [3.63, 3.8) is 0 Å². The average molecular weight is 367 g/mol. The summed E-state index contributed by atoms with van der Waals surface area (Å²) >= 11 is 0. The average Bonchev–Trinajstić information content (AvgIpc) is 2.61. The zero-order valence-electron chi connectivity index (χ0n) is 15.9. The third-order valence-corrected chi connectivity index (χ3v) is 6.09.